The van der Waals surface area contributed by atoms with Crippen molar-refractivity contribution in [1.82, 2.24) is 4.72 Å². The van der Waals surface area contributed by atoms with E-state index in [-0.39, 0.29) is 16.8 Å². The normalized spacial score (nSPS) is 42.3. The second-order valence-corrected chi connectivity index (χ2v) is 6.44. The molecule has 3 aliphatic carbocycles. The van der Waals surface area contributed by atoms with Crippen LogP contribution in [0.5, 0.6) is 0 Å². The van der Waals surface area contributed by atoms with Crippen molar-refractivity contribution in [3.63, 3.8) is 0 Å². The van der Waals surface area contributed by atoms with E-state index in [1.165, 1.54) is 0 Å². The van der Waals surface area contributed by atoms with Crippen LogP contribution in [0.4, 0.5) is 0 Å². The van der Waals surface area contributed by atoms with E-state index in [2.05, 4.69) is 4.72 Å². The summed E-state index contributed by atoms with van der Waals surface area (Å²) in [6, 6.07) is 0. The molecule has 0 saturated heterocycles. The molecule has 0 spiro atoms. The van der Waals surface area contributed by atoms with Gasteiger partial charge in [0.05, 0.1) is 5.75 Å². The molecule has 0 aromatic heterocycles. The van der Waals surface area contributed by atoms with Crippen molar-refractivity contribution < 1.29 is 8.42 Å². The number of hydrogen-bond acceptors (Lipinski definition) is 3. The average molecular weight is 204 g/mol. The summed E-state index contributed by atoms with van der Waals surface area (Å²) < 4.78 is 25.6. The Morgan fingerprint density at radius 2 is 1.92 bits per heavy atom. The van der Waals surface area contributed by atoms with Crippen LogP contribution in [0.25, 0.3) is 0 Å². The molecule has 76 valence electrons. The summed E-state index contributed by atoms with van der Waals surface area (Å²) in [7, 11) is -3.04. The fraction of sp³-hybridized carbons (Fsp3) is 1.00. The van der Waals surface area contributed by atoms with Gasteiger partial charge in [-0.3, -0.25) is 0 Å². The molecule has 0 aromatic rings. The largest absolute Gasteiger partial charge is 0.325 e. The van der Waals surface area contributed by atoms with E-state index in [0.717, 1.165) is 19.3 Å². The molecule has 0 radical (unpaired) electrons. The van der Waals surface area contributed by atoms with Crippen LogP contribution in [-0.2, 0) is 10.0 Å². The van der Waals surface area contributed by atoms with Crippen LogP contribution < -0.4 is 10.5 Å². The number of sulfonamides is 1. The number of hydrogen-bond donors (Lipinski definition) is 2. The molecule has 2 bridgehead atoms. The van der Waals surface area contributed by atoms with Crippen molar-refractivity contribution in [2.75, 3.05) is 5.75 Å². The average Bonchev–Trinajstić information content (AvgIpc) is 1.80. The Hall–Kier alpha value is -0.130. The molecule has 0 aromatic carbocycles. The highest BCUT2D eigenvalue weighted by molar-refractivity contribution is 7.89. The van der Waals surface area contributed by atoms with Crippen LogP contribution in [0.1, 0.15) is 32.6 Å². The van der Waals surface area contributed by atoms with Crippen molar-refractivity contribution >= 4 is 10.0 Å². The third kappa shape index (κ3) is 1.49. The standard InChI is InChI=1S/C8H16N2O2S/c1-2-3-13(11,12)10-8-4-7(9,5-8)6-8/h10H,2-6,9H2,1H3. The van der Waals surface area contributed by atoms with E-state index in [9.17, 15) is 8.42 Å². The molecule has 5 heteroatoms. The first-order valence-corrected chi connectivity index (χ1v) is 6.35. The zero-order chi connectivity index (χ0) is 9.74. The Bertz CT molecular complexity index is 303. The lowest BCUT2D eigenvalue weighted by Crippen LogP contribution is -2.82. The molecular weight excluding hydrogens is 188 g/mol. The molecule has 0 aliphatic heterocycles. The minimum absolute atomic E-state index is 0.0330. The molecule has 3 saturated carbocycles. The second kappa shape index (κ2) is 2.46. The second-order valence-electron chi connectivity index (χ2n) is 4.59. The molecule has 3 rings (SSSR count). The van der Waals surface area contributed by atoms with E-state index in [0.29, 0.717) is 6.42 Å². The molecule has 0 amide bonds. The predicted octanol–water partition coefficient (Wildman–Crippen LogP) is -0.0504. The summed E-state index contributed by atoms with van der Waals surface area (Å²) >= 11 is 0. The van der Waals surface area contributed by atoms with Gasteiger partial charge in [0, 0.05) is 11.1 Å². The number of rotatable bonds is 4. The van der Waals surface area contributed by atoms with Gasteiger partial charge < -0.3 is 5.73 Å². The van der Waals surface area contributed by atoms with Crippen molar-refractivity contribution in [1.29, 1.82) is 0 Å². The van der Waals surface area contributed by atoms with Crippen LogP contribution >= 0.6 is 0 Å². The lowest BCUT2D eigenvalue weighted by atomic mass is 9.45. The van der Waals surface area contributed by atoms with E-state index in [1.54, 1.807) is 0 Å². The number of nitrogens with one attached hydrogen (secondary N) is 1. The third-order valence-corrected chi connectivity index (χ3v) is 4.61. The Kier molecular flexibility index (Phi) is 1.78. The quantitative estimate of drug-likeness (QED) is 0.674. The summed E-state index contributed by atoms with van der Waals surface area (Å²) in [5, 5.41) is 0. The monoisotopic (exact) mass is 204 g/mol. The topological polar surface area (TPSA) is 72.2 Å². The van der Waals surface area contributed by atoms with Gasteiger partial charge in [-0.25, -0.2) is 13.1 Å². The predicted molar refractivity (Wildman–Crippen MR) is 50.7 cm³/mol. The Morgan fingerprint density at radius 1 is 1.38 bits per heavy atom. The van der Waals surface area contributed by atoms with E-state index in [4.69, 9.17) is 5.73 Å². The molecular formula is C8H16N2O2S. The first-order chi connectivity index (χ1) is 5.89. The highest BCUT2D eigenvalue weighted by Gasteiger charge is 2.67. The molecule has 3 N–H and O–H groups in total. The van der Waals surface area contributed by atoms with Gasteiger partial charge in [0.25, 0.3) is 0 Å². The van der Waals surface area contributed by atoms with E-state index in [1.807, 2.05) is 6.92 Å². The first kappa shape index (κ1) is 9.43. The fourth-order valence-electron chi connectivity index (χ4n) is 2.62. The highest BCUT2D eigenvalue weighted by Crippen LogP contribution is 2.58. The number of nitrogens with two attached hydrogens (primary N) is 1. The molecule has 3 aliphatic rings. The Morgan fingerprint density at radius 3 is 2.31 bits per heavy atom. The summed E-state index contributed by atoms with van der Waals surface area (Å²) in [6.45, 7) is 1.87. The van der Waals surface area contributed by atoms with E-state index >= 15 is 0 Å². The lowest BCUT2D eigenvalue weighted by Gasteiger charge is -2.68. The van der Waals surface area contributed by atoms with Gasteiger partial charge in [-0.1, -0.05) is 6.92 Å². The van der Waals surface area contributed by atoms with Crippen molar-refractivity contribution in [3.8, 4) is 0 Å². The summed E-state index contributed by atoms with van der Waals surface area (Å²) in [6.07, 6.45) is 3.13. The van der Waals surface area contributed by atoms with Gasteiger partial charge in [0.2, 0.25) is 10.0 Å². The fourth-order valence-corrected chi connectivity index (χ4v) is 4.14. The highest BCUT2D eigenvalue weighted by atomic mass is 32.2. The Labute approximate surface area is 78.9 Å². The minimum atomic E-state index is -3.04. The van der Waals surface area contributed by atoms with E-state index < -0.39 is 10.0 Å². The third-order valence-electron chi connectivity index (χ3n) is 2.92. The van der Waals surface area contributed by atoms with Gasteiger partial charge in [0.15, 0.2) is 0 Å². The summed E-state index contributed by atoms with van der Waals surface area (Å²) in [5.74, 6) is 0.228. The van der Waals surface area contributed by atoms with Crippen LogP contribution in [0, 0.1) is 0 Å². The maximum absolute atomic E-state index is 11.4. The van der Waals surface area contributed by atoms with Gasteiger partial charge in [0.1, 0.15) is 0 Å². The lowest BCUT2D eigenvalue weighted by molar-refractivity contribution is -0.0618. The molecule has 13 heavy (non-hydrogen) atoms. The maximum Gasteiger partial charge on any atom is 0.212 e. The zero-order valence-electron chi connectivity index (χ0n) is 7.84. The van der Waals surface area contributed by atoms with Crippen molar-refractivity contribution in [2.24, 2.45) is 5.73 Å². The van der Waals surface area contributed by atoms with Crippen molar-refractivity contribution in [3.05, 3.63) is 0 Å². The van der Waals surface area contributed by atoms with Gasteiger partial charge in [-0.05, 0) is 25.7 Å². The van der Waals surface area contributed by atoms with Gasteiger partial charge >= 0.3 is 0 Å². The van der Waals surface area contributed by atoms with Gasteiger partial charge in [-0.2, -0.15) is 0 Å². The molecule has 0 unspecified atom stereocenters. The minimum Gasteiger partial charge on any atom is -0.325 e. The molecule has 0 atom stereocenters. The van der Waals surface area contributed by atoms with Gasteiger partial charge in [-0.15, -0.1) is 0 Å². The van der Waals surface area contributed by atoms with Crippen LogP contribution in [-0.4, -0.2) is 25.2 Å². The van der Waals surface area contributed by atoms with Crippen LogP contribution in [0.3, 0.4) is 0 Å². The zero-order valence-corrected chi connectivity index (χ0v) is 8.65. The first-order valence-electron chi connectivity index (χ1n) is 4.69. The Balaban J connectivity index is 1.93. The van der Waals surface area contributed by atoms with Crippen LogP contribution in [0.2, 0.25) is 0 Å². The summed E-state index contributed by atoms with van der Waals surface area (Å²) in [5.41, 5.74) is 5.65. The SMILES string of the molecule is CCCS(=O)(=O)NC12CC(N)(C1)C2. The smallest absolute Gasteiger partial charge is 0.212 e. The maximum atomic E-state index is 11.4. The molecule has 3 fully saturated rings. The molecule has 0 heterocycles. The van der Waals surface area contributed by atoms with Crippen LogP contribution in [0.15, 0.2) is 0 Å². The van der Waals surface area contributed by atoms with Crippen molar-refractivity contribution in [2.45, 2.75) is 43.7 Å². The molecule has 4 nitrogen and oxygen atoms in total. The summed E-state index contributed by atoms with van der Waals surface area (Å²) in [4.78, 5) is 0.